The number of carbonyl (C=O) groups excluding carboxylic acids is 1. The van der Waals surface area contributed by atoms with Crippen molar-refractivity contribution in [3.8, 4) is 11.1 Å². The summed E-state index contributed by atoms with van der Waals surface area (Å²) in [6, 6.07) is 25.3. The number of hydrogen-bond acceptors (Lipinski definition) is 1. The summed E-state index contributed by atoms with van der Waals surface area (Å²) in [6.07, 6.45) is 0. The van der Waals surface area contributed by atoms with E-state index in [9.17, 15) is 4.79 Å². The molecule has 2 heteroatoms. The number of carbonyl (C=O) groups is 1. The van der Waals surface area contributed by atoms with Crippen molar-refractivity contribution >= 4 is 11.6 Å². The Morgan fingerprint density at radius 2 is 1.32 bits per heavy atom. The minimum absolute atomic E-state index is 0.0673. The van der Waals surface area contributed by atoms with Gasteiger partial charge in [-0.15, -0.1) is 0 Å². The van der Waals surface area contributed by atoms with E-state index in [0.717, 1.165) is 16.8 Å². The van der Waals surface area contributed by atoms with Gasteiger partial charge in [0.15, 0.2) is 0 Å². The standard InChI is InChI=1S/C26H27NO/c1-17(2)19-9-11-20(12-10-19)21-13-15-22(16-14-21)26(18(3)4)23-7-5-6-8-24(23)27-25(26)28/h5-18H,1-4H3,(H,27,28). The smallest absolute Gasteiger partial charge is 0.239 e. The van der Waals surface area contributed by atoms with Crippen LogP contribution in [0.15, 0.2) is 72.8 Å². The Labute approximate surface area is 167 Å². The molecule has 0 fully saturated rings. The monoisotopic (exact) mass is 369 g/mol. The number of para-hydroxylation sites is 1. The molecule has 0 radical (unpaired) electrons. The summed E-state index contributed by atoms with van der Waals surface area (Å²) >= 11 is 0. The molecule has 0 spiro atoms. The molecule has 142 valence electrons. The largest absolute Gasteiger partial charge is 0.325 e. The molecule has 28 heavy (non-hydrogen) atoms. The zero-order valence-electron chi connectivity index (χ0n) is 17.0. The highest BCUT2D eigenvalue weighted by molar-refractivity contribution is 6.09. The maximum Gasteiger partial charge on any atom is 0.239 e. The molecule has 4 rings (SSSR count). The van der Waals surface area contributed by atoms with Crippen LogP contribution in [0.25, 0.3) is 11.1 Å². The van der Waals surface area contributed by atoms with Gasteiger partial charge in [0.05, 0.1) is 0 Å². The fraction of sp³-hybridized carbons (Fsp3) is 0.269. The fourth-order valence-corrected chi connectivity index (χ4v) is 4.46. The highest BCUT2D eigenvalue weighted by atomic mass is 16.2. The van der Waals surface area contributed by atoms with Gasteiger partial charge in [0, 0.05) is 5.69 Å². The third-order valence-electron chi connectivity index (χ3n) is 6.08. The van der Waals surface area contributed by atoms with Crippen LogP contribution in [0.1, 0.15) is 50.3 Å². The number of fused-ring (bicyclic) bond motifs is 1. The van der Waals surface area contributed by atoms with E-state index in [1.807, 2.05) is 18.2 Å². The van der Waals surface area contributed by atoms with Gasteiger partial charge in [0.2, 0.25) is 5.91 Å². The summed E-state index contributed by atoms with van der Waals surface area (Å²) in [4.78, 5) is 13.1. The Kier molecular flexibility index (Phi) is 4.58. The molecule has 1 heterocycles. The predicted octanol–water partition coefficient (Wildman–Crippen LogP) is 6.37. The molecule has 0 aliphatic carbocycles. The maximum absolute atomic E-state index is 13.1. The second-order valence-corrected chi connectivity index (χ2v) is 8.32. The molecule has 1 atom stereocenters. The minimum Gasteiger partial charge on any atom is -0.325 e. The zero-order valence-corrected chi connectivity index (χ0v) is 17.0. The predicted molar refractivity (Wildman–Crippen MR) is 117 cm³/mol. The third-order valence-corrected chi connectivity index (χ3v) is 6.08. The molecule has 1 unspecified atom stereocenters. The minimum atomic E-state index is -0.642. The second kappa shape index (κ2) is 6.94. The summed E-state index contributed by atoms with van der Waals surface area (Å²) in [5, 5.41) is 3.09. The first-order valence-corrected chi connectivity index (χ1v) is 10.1. The highest BCUT2D eigenvalue weighted by Crippen LogP contribution is 2.47. The molecule has 3 aromatic carbocycles. The van der Waals surface area contributed by atoms with Crippen LogP contribution in [0, 0.1) is 5.92 Å². The molecule has 1 aliphatic rings. The van der Waals surface area contributed by atoms with Gasteiger partial charge in [-0.05, 0) is 45.7 Å². The van der Waals surface area contributed by atoms with Crippen molar-refractivity contribution in [1.29, 1.82) is 0 Å². The SMILES string of the molecule is CC(C)c1ccc(-c2ccc(C3(C(C)C)C(=O)Nc4ccccc43)cc2)cc1. The lowest BCUT2D eigenvalue weighted by Gasteiger charge is -2.32. The van der Waals surface area contributed by atoms with Crippen LogP contribution in [-0.4, -0.2) is 5.91 Å². The number of anilines is 1. The number of nitrogens with one attached hydrogen (secondary N) is 1. The fourth-order valence-electron chi connectivity index (χ4n) is 4.46. The average molecular weight is 370 g/mol. The quantitative estimate of drug-likeness (QED) is 0.569. The summed E-state index contributed by atoms with van der Waals surface area (Å²) in [6.45, 7) is 8.67. The average Bonchev–Trinajstić information content (AvgIpc) is 3.01. The van der Waals surface area contributed by atoms with Gasteiger partial charge in [-0.1, -0.05) is 94.4 Å². The summed E-state index contributed by atoms with van der Waals surface area (Å²) < 4.78 is 0. The van der Waals surface area contributed by atoms with E-state index in [1.165, 1.54) is 16.7 Å². The van der Waals surface area contributed by atoms with Crippen LogP contribution in [0.3, 0.4) is 0 Å². The highest BCUT2D eigenvalue weighted by Gasteiger charge is 2.50. The van der Waals surface area contributed by atoms with Crippen LogP contribution in [0.4, 0.5) is 5.69 Å². The Bertz CT molecular complexity index is 999. The van der Waals surface area contributed by atoms with Crippen molar-refractivity contribution in [2.75, 3.05) is 5.32 Å². The molecule has 0 bridgehead atoms. The molecular weight excluding hydrogens is 342 g/mol. The van der Waals surface area contributed by atoms with E-state index in [-0.39, 0.29) is 11.8 Å². The van der Waals surface area contributed by atoms with Crippen molar-refractivity contribution in [1.82, 2.24) is 0 Å². The number of hydrogen-bond donors (Lipinski definition) is 1. The normalized spacial score (nSPS) is 18.4. The Hall–Kier alpha value is -2.87. The summed E-state index contributed by atoms with van der Waals surface area (Å²) in [7, 11) is 0. The van der Waals surface area contributed by atoms with Crippen molar-refractivity contribution in [2.45, 2.75) is 39.0 Å². The molecule has 1 aliphatic heterocycles. The van der Waals surface area contributed by atoms with Crippen molar-refractivity contribution < 1.29 is 4.79 Å². The van der Waals surface area contributed by atoms with Gasteiger partial charge in [0.25, 0.3) is 0 Å². The van der Waals surface area contributed by atoms with Crippen LogP contribution < -0.4 is 5.32 Å². The molecule has 3 aromatic rings. The van der Waals surface area contributed by atoms with Crippen molar-refractivity contribution in [2.24, 2.45) is 5.92 Å². The van der Waals surface area contributed by atoms with E-state index in [1.54, 1.807) is 0 Å². The van der Waals surface area contributed by atoms with E-state index in [2.05, 4.69) is 87.6 Å². The first-order valence-electron chi connectivity index (χ1n) is 10.1. The van der Waals surface area contributed by atoms with Gasteiger partial charge in [-0.2, -0.15) is 0 Å². The molecule has 0 aromatic heterocycles. The number of rotatable bonds is 4. The lowest BCUT2D eigenvalue weighted by Crippen LogP contribution is -2.40. The lowest BCUT2D eigenvalue weighted by molar-refractivity contribution is -0.120. The number of amides is 1. The zero-order chi connectivity index (χ0) is 19.9. The van der Waals surface area contributed by atoms with E-state index < -0.39 is 5.41 Å². The third kappa shape index (κ3) is 2.75. The molecule has 1 N–H and O–H groups in total. The van der Waals surface area contributed by atoms with Gasteiger partial charge in [-0.25, -0.2) is 0 Å². The van der Waals surface area contributed by atoms with Gasteiger partial charge in [0.1, 0.15) is 5.41 Å². The first-order chi connectivity index (χ1) is 13.4. The van der Waals surface area contributed by atoms with Gasteiger partial charge in [-0.3, -0.25) is 4.79 Å². The Morgan fingerprint density at radius 3 is 1.89 bits per heavy atom. The molecular formula is C26H27NO. The van der Waals surface area contributed by atoms with E-state index in [0.29, 0.717) is 5.92 Å². The molecule has 0 saturated carbocycles. The maximum atomic E-state index is 13.1. The summed E-state index contributed by atoms with van der Waals surface area (Å²) in [5.41, 5.74) is 6.12. The van der Waals surface area contributed by atoms with E-state index in [4.69, 9.17) is 0 Å². The van der Waals surface area contributed by atoms with Crippen molar-refractivity contribution in [3.05, 3.63) is 89.5 Å². The molecule has 0 saturated heterocycles. The molecule has 1 amide bonds. The summed E-state index contributed by atoms with van der Waals surface area (Å²) in [5.74, 6) is 0.744. The lowest BCUT2D eigenvalue weighted by atomic mass is 9.67. The Morgan fingerprint density at radius 1 is 0.750 bits per heavy atom. The van der Waals surface area contributed by atoms with Crippen LogP contribution in [0.5, 0.6) is 0 Å². The number of benzene rings is 3. The van der Waals surface area contributed by atoms with Gasteiger partial charge < -0.3 is 5.32 Å². The topological polar surface area (TPSA) is 29.1 Å². The van der Waals surface area contributed by atoms with Crippen LogP contribution >= 0.6 is 0 Å². The van der Waals surface area contributed by atoms with Crippen LogP contribution in [0.2, 0.25) is 0 Å². The molecule has 2 nitrogen and oxygen atoms in total. The first kappa shape index (κ1) is 18.5. The second-order valence-electron chi connectivity index (χ2n) is 8.32. The van der Waals surface area contributed by atoms with E-state index >= 15 is 0 Å². The van der Waals surface area contributed by atoms with Crippen molar-refractivity contribution in [3.63, 3.8) is 0 Å². The Balaban J connectivity index is 1.76. The van der Waals surface area contributed by atoms with Crippen LogP contribution in [-0.2, 0) is 10.2 Å². The van der Waals surface area contributed by atoms with Gasteiger partial charge >= 0.3 is 0 Å².